The van der Waals surface area contributed by atoms with Crippen molar-refractivity contribution in [1.82, 2.24) is 5.43 Å². The Morgan fingerprint density at radius 3 is 2.79 bits per heavy atom. The third kappa shape index (κ3) is 5.38. The molecule has 0 saturated carbocycles. The summed E-state index contributed by atoms with van der Waals surface area (Å²) in [6.07, 6.45) is 0.812. The van der Waals surface area contributed by atoms with Gasteiger partial charge in [-0.15, -0.1) is 0 Å². The topological polar surface area (TPSA) is 73.6 Å². The smallest absolute Gasteiger partial charge is 0.265 e. The van der Waals surface area contributed by atoms with Gasteiger partial charge in [0.05, 0.1) is 12.2 Å². The van der Waals surface area contributed by atoms with E-state index in [0.29, 0.717) is 18.8 Å². The summed E-state index contributed by atoms with van der Waals surface area (Å²) in [6.45, 7) is 5.10. The van der Waals surface area contributed by atoms with Gasteiger partial charge in [-0.05, 0) is 38.0 Å². The van der Waals surface area contributed by atoms with Gasteiger partial charge >= 0.3 is 0 Å². The number of nitrogens with one attached hydrogen (secondary N) is 1. The van der Waals surface area contributed by atoms with Crippen LogP contribution in [0.1, 0.15) is 36.2 Å². The van der Waals surface area contributed by atoms with E-state index in [1.807, 2.05) is 26.0 Å². The molecule has 0 fully saturated rings. The van der Waals surface area contributed by atoms with Gasteiger partial charge in [-0.3, -0.25) is 10.2 Å². The lowest BCUT2D eigenvalue weighted by molar-refractivity contribution is -0.0124. The molecule has 5 heteroatoms. The maximum atomic E-state index is 11.4. The summed E-state index contributed by atoms with van der Waals surface area (Å²) in [6, 6.07) is 7.19. The van der Waals surface area contributed by atoms with Crippen molar-refractivity contribution in [2.45, 2.75) is 32.5 Å². The van der Waals surface area contributed by atoms with Crippen molar-refractivity contribution >= 4 is 5.91 Å². The zero-order valence-corrected chi connectivity index (χ0v) is 11.7. The van der Waals surface area contributed by atoms with Crippen molar-refractivity contribution in [3.8, 4) is 0 Å². The average Bonchev–Trinajstić information content (AvgIpc) is 2.43. The Hall–Kier alpha value is -1.43. The molecule has 19 heavy (non-hydrogen) atoms. The Labute approximate surface area is 114 Å². The van der Waals surface area contributed by atoms with Gasteiger partial charge in [0.15, 0.2) is 0 Å². The number of hydrazine groups is 1. The lowest BCUT2D eigenvalue weighted by atomic mass is 10.1. The molecule has 0 radical (unpaired) electrons. The number of hydrogen-bond acceptors (Lipinski definition) is 4. The van der Waals surface area contributed by atoms with Gasteiger partial charge in [-0.2, -0.15) is 0 Å². The highest BCUT2D eigenvalue weighted by molar-refractivity contribution is 5.93. The maximum Gasteiger partial charge on any atom is 0.265 e. The second-order valence-corrected chi connectivity index (χ2v) is 4.94. The molecule has 0 bridgehead atoms. The third-order valence-corrected chi connectivity index (χ3v) is 2.99. The second-order valence-electron chi connectivity index (χ2n) is 4.94. The SMILES string of the molecule is COC(C)(C)CCOCc1cccc(C(=O)NN)c1. The van der Waals surface area contributed by atoms with Crippen LogP contribution in [0.25, 0.3) is 0 Å². The molecule has 0 atom stereocenters. The Morgan fingerprint density at radius 2 is 2.16 bits per heavy atom. The quantitative estimate of drug-likeness (QED) is 0.340. The molecule has 0 aliphatic carbocycles. The standard InChI is InChI=1S/C14H22N2O3/c1-14(2,18-3)7-8-19-10-11-5-4-6-12(9-11)13(17)16-15/h4-6,9H,7-8,10,15H2,1-3H3,(H,16,17). The second kappa shape index (κ2) is 7.23. The number of benzene rings is 1. The largest absolute Gasteiger partial charge is 0.379 e. The van der Waals surface area contributed by atoms with E-state index in [0.717, 1.165) is 12.0 Å². The Balaban J connectivity index is 2.44. The summed E-state index contributed by atoms with van der Waals surface area (Å²) in [7, 11) is 1.69. The molecule has 1 rings (SSSR count). The van der Waals surface area contributed by atoms with Gasteiger partial charge < -0.3 is 9.47 Å². The highest BCUT2D eigenvalue weighted by Gasteiger charge is 2.15. The number of carbonyl (C=O) groups excluding carboxylic acids is 1. The molecule has 5 nitrogen and oxygen atoms in total. The molecule has 1 amide bonds. The number of hydrogen-bond donors (Lipinski definition) is 2. The molecule has 0 heterocycles. The summed E-state index contributed by atoms with van der Waals surface area (Å²) in [5.41, 5.74) is 3.40. The first-order chi connectivity index (χ1) is 8.98. The summed E-state index contributed by atoms with van der Waals surface area (Å²) in [5.74, 6) is 4.79. The number of amides is 1. The highest BCUT2D eigenvalue weighted by atomic mass is 16.5. The predicted molar refractivity (Wildman–Crippen MR) is 73.5 cm³/mol. The molecule has 106 valence electrons. The van der Waals surface area contributed by atoms with Crippen molar-refractivity contribution < 1.29 is 14.3 Å². The summed E-state index contributed by atoms with van der Waals surface area (Å²) >= 11 is 0. The van der Waals surface area contributed by atoms with Crippen molar-refractivity contribution in [2.75, 3.05) is 13.7 Å². The Morgan fingerprint density at radius 1 is 1.42 bits per heavy atom. The van der Waals surface area contributed by atoms with Crippen LogP contribution >= 0.6 is 0 Å². The van der Waals surface area contributed by atoms with E-state index in [-0.39, 0.29) is 11.5 Å². The van der Waals surface area contributed by atoms with E-state index in [2.05, 4.69) is 5.43 Å². The Bertz CT molecular complexity index is 419. The number of carbonyl (C=O) groups is 1. The zero-order chi connectivity index (χ0) is 14.3. The minimum absolute atomic E-state index is 0.179. The van der Waals surface area contributed by atoms with Crippen molar-refractivity contribution in [3.63, 3.8) is 0 Å². The fourth-order valence-corrected chi connectivity index (χ4v) is 1.50. The average molecular weight is 266 g/mol. The monoisotopic (exact) mass is 266 g/mol. The minimum atomic E-state index is -0.303. The van der Waals surface area contributed by atoms with E-state index in [4.69, 9.17) is 15.3 Å². The molecule has 0 unspecified atom stereocenters. The van der Waals surface area contributed by atoms with Crippen LogP contribution in [0.3, 0.4) is 0 Å². The van der Waals surface area contributed by atoms with Crippen LogP contribution in [0, 0.1) is 0 Å². The van der Waals surface area contributed by atoms with E-state index in [1.165, 1.54) is 0 Å². The van der Waals surface area contributed by atoms with Crippen LogP contribution in [-0.2, 0) is 16.1 Å². The molecule has 0 saturated heterocycles. The number of nitrogen functional groups attached to an aromatic ring is 1. The van der Waals surface area contributed by atoms with E-state index < -0.39 is 0 Å². The minimum Gasteiger partial charge on any atom is -0.379 e. The number of ether oxygens (including phenoxy) is 2. The van der Waals surface area contributed by atoms with Gasteiger partial charge in [0.1, 0.15) is 0 Å². The summed E-state index contributed by atoms with van der Waals surface area (Å²) in [4.78, 5) is 11.4. The molecular formula is C14H22N2O3. The van der Waals surface area contributed by atoms with Gasteiger partial charge in [0.25, 0.3) is 5.91 Å². The van der Waals surface area contributed by atoms with Crippen LogP contribution in [0.15, 0.2) is 24.3 Å². The van der Waals surface area contributed by atoms with E-state index in [9.17, 15) is 4.79 Å². The highest BCUT2D eigenvalue weighted by Crippen LogP contribution is 2.13. The van der Waals surface area contributed by atoms with Gasteiger partial charge in [0, 0.05) is 19.3 Å². The lowest BCUT2D eigenvalue weighted by Crippen LogP contribution is -2.30. The van der Waals surface area contributed by atoms with Crippen molar-refractivity contribution in [3.05, 3.63) is 35.4 Å². The molecule has 0 spiro atoms. The molecule has 0 aliphatic heterocycles. The first-order valence-corrected chi connectivity index (χ1v) is 6.21. The number of methoxy groups -OCH3 is 1. The summed E-state index contributed by atoms with van der Waals surface area (Å²) < 4.78 is 10.9. The maximum absolute atomic E-state index is 11.4. The van der Waals surface area contributed by atoms with Crippen LogP contribution in [0.5, 0.6) is 0 Å². The van der Waals surface area contributed by atoms with Crippen LogP contribution in [-0.4, -0.2) is 25.2 Å². The van der Waals surface area contributed by atoms with Crippen LogP contribution < -0.4 is 11.3 Å². The number of rotatable bonds is 7. The molecule has 0 aliphatic rings. The normalized spacial score (nSPS) is 11.4. The molecule has 1 aromatic rings. The van der Waals surface area contributed by atoms with Crippen molar-refractivity contribution in [1.29, 1.82) is 0 Å². The van der Waals surface area contributed by atoms with Crippen LogP contribution in [0.2, 0.25) is 0 Å². The first-order valence-electron chi connectivity index (χ1n) is 6.21. The zero-order valence-electron chi connectivity index (χ0n) is 11.7. The van der Waals surface area contributed by atoms with Gasteiger partial charge in [-0.25, -0.2) is 5.84 Å². The number of nitrogens with two attached hydrogens (primary N) is 1. The van der Waals surface area contributed by atoms with Gasteiger partial charge in [-0.1, -0.05) is 12.1 Å². The Kier molecular flexibility index (Phi) is 5.95. The molecular weight excluding hydrogens is 244 g/mol. The first kappa shape index (κ1) is 15.6. The van der Waals surface area contributed by atoms with Crippen LogP contribution in [0.4, 0.5) is 0 Å². The van der Waals surface area contributed by atoms with Gasteiger partial charge in [0.2, 0.25) is 0 Å². The lowest BCUT2D eigenvalue weighted by Gasteiger charge is -2.22. The third-order valence-electron chi connectivity index (χ3n) is 2.99. The predicted octanol–water partition coefficient (Wildman–Crippen LogP) is 1.62. The summed E-state index contributed by atoms with van der Waals surface area (Å²) in [5, 5.41) is 0. The molecule has 1 aromatic carbocycles. The fourth-order valence-electron chi connectivity index (χ4n) is 1.50. The fraction of sp³-hybridized carbons (Fsp3) is 0.500. The molecule has 0 aromatic heterocycles. The van der Waals surface area contributed by atoms with Crippen molar-refractivity contribution in [2.24, 2.45) is 5.84 Å². The van der Waals surface area contributed by atoms with E-state index in [1.54, 1.807) is 19.2 Å². The molecule has 3 N–H and O–H groups in total. The van der Waals surface area contributed by atoms with E-state index >= 15 is 0 Å².